The van der Waals surface area contributed by atoms with Crippen molar-refractivity contribution in [1.82, 2.24) is 0 Å². The number of halogens is 2. The van der Waals surface area contributed by atoms with E-state index >= 15 is 0 Å². The van der Waals surface area contributed by atoms with Crippen LogP contribution >= 0.6 is 0 Å². The topological polar surface area (TPSA) is 17.1 Å². The van der Waals surface area contributed by atoms with Gasteiger partial charge in [-0.15, -0.1) is 0 Å². The standard InChI is InChI=1S/C8H12.CH2O.2ClH.Co/c1-2-4-6-8-7-5-3-1;1-2;;;/h1-2,7-8H,3-6H2;1H2;2*1H;/q;;;;+2/p-2. The van der Waals surface area contributed by atoms with Crippen molar-refractivity contribution in [2.75, 3.05) is 0 Å². The molecule has 1 radical (unpaired) electrons. The van der Waals surface area contributed by atoms with Crippen molar-refractivity contribution in [2.24, 2.45) is 0 Å². The first-order valence-corrected chi connectivity index (χ1v) is 3.59. The van der Waals surface area contributed by atoms with Crippen molar-refractivity contribution < 1.29 is 46.4 Å². The van der Waals surface area contributed by atoms with Gasteiger partial charge in [0.2, 0.25) is 0 Å². The number of rotatable bonds is 0. The van der Waals surface area contributed by atoms with Crippen molar-refractivity contribution >= 4 is 6.79 Å². The number of carbonyl (C=O) groups is 1. The minimum absolute atomic E-state index is 0. The second kappa shape index (κ2) is 22.8. The third-order valence-corrected chi connectivity index (χ3v) is 1.33. The molecule has 0 heterocycles. The van der Waals surface area contributed by atoms with E-state index in [0.29, 0.717) is 0 Å². The van der Waals surface area contributed by atoms with Crippen LogP contribution in [-0.2, 0) is 21.6 Å². The van der Waals surface area contributed by atoms with Gasteiger partial charge in [-0.3, -0.25) is 0 Å². The van der Waals surface area contributed by atoms with Gasteiger partial charge in [0.05, 0.1) is 0 Å². The Bertz CT molecular complexity index is 101. The molecule has 0 spiro atoms. The van der Waals surface area contributed by atoms with Crippen molar-refractivity contribution in [3.05, 3.63) is 24.3 Å². The molecular formula is C9H14Cl2CoO. The average molecular weight is 268 g/mol. The zero-order valence-electron chi connectivity index (χ0n) is 7.34. The van der Waals surface area contributed by atoms with Gasteiger partial charge in [0, 0.05) is 0 Å². The zero-order valence-corrected chi connectivity index (χ0v) is 9.90. The van der Waals surface area contributed by atoms with Crippen molar-refractivity contribution in [1.29, 1.82) is 0 Å². The molecule has 0 atom stereocenters. The summed E-state index contributed by atoms with van der Waals surface area (Å²) in [7, 11) is 0. The van der Waals surface area contributed by atoms with Crippen LogP contribution in [0.5, 0.6) is 0 Å². The van der Waals surface area contributed by atoms with E-state index in [0.717, 1.165) is 0 Å². The number of allylic oxidation sites excluding steroid dienone is 4. The Balaban J connectivity index is -0.0000000761. The van der Waals surface area contributed by atoms with Crippen LogP contribution in [0.3, 0.4) is 0 Å². The fourth-order valence-electron chi connectivity index (χ4n) is 0.856. The largest absolute Gasteiger partial charge is 2.00 e. The normalized spacial score (nSPS) is 12.6. The fraction of sp³-hybridized carbons (Fsp3) is 0.444. The van der Waals surface area contributed by atoms with E-state index in [9.17, 15) is 0 Å². The molecular weight excluding hydrogens is 254 g/mol. The maximum Gasteiger partial charge on any atom is 2.00 e. The summed E-state index contributed by atoms with van der Waals surface area (Å²) in [6.07, 6.45) is 14.0. The molecule has 1 nitrogen and oxygen atoms in total. The van der Waals surface area contributed by atoms with E-state index in [-0.39, 0.29) is 41.6 Å². The third kappa shape index (κ3) is 18.9. The monoisotopic (exact) mass is 267 g/mol. The molecule has 1 aliphatic carbocycles. The van der Waals surface area contributed by atoms with Crippen molar-refractivity contribution in [3.63, 3.8) is 0 Å². The Morgan fingerprint density at radius 3 is 1.00 bits per heavy atom. The molecule has 0 saturated carbocycles. The van der Waals surface area contributed by atoms with Crippen molar-refractivity contribution in [2.45, 2.75) is 25.7 Å². The van der Waals surface area contributed by atoms with Gasteiger partial charge in [-0.05, 0) is 25.7 Å². The van der Waals surface area contributed by atoms with Crippen LogP contribution in [0, 0.1) is 0 Å². The van der Waals surface area contributed by atoms with Gasteiger partial charge in [0.25, 0.3) is 0 Å². The summed E-state index contributed by atoms with van der Waals surface area (Å²) in [6.45, 7) is 2.00. The van der Waals surface area contributed by atoms with Gasteiger partial charge < -0.3 is 29.6 Å². The molecule has 0 aromatic rings. The molecule has 0 unspecified atom stereocenters. The van der Waals surface area contributed by atoms with Gasteiger partial charge >= 0.3 is 16.8 Å². The molecule has 0 saturated heterocycles. The first-order valence-electron chi connectivity index (χ1n) is 3.59. The molecule has 0 aromatic carbocycles. The third-order valence-electron chi connectivity index (χ3n) is 1.33. The Kier molecular flexibility index (Phi) is 40.7. The van der Waals surface area contributed by atoms with Crippen LogP contribution in [0.25, 0.3) is 0 Å². The van der Waals surface area contributed by atoms with Gasteiger partial charge in [0.15, 0.2) is 0 Å². The molecule has 1 rings (SSSR count). The predicted octanol–water partition coefficient (Wildman–Crippen LogP) is -3.51. The average Bonchev–Trinajstić information content (AvgIpc) is 1.90. The molecule has 0 amide bonds. The van der Waals surface area contributed by atoms with Crippen LogP contribution in [0.2, 0.25) is 0 Å². The summed E-state index contributed by atoms with van der Waals surface area (Å²) in [5.41, 5.74) is 0. The van der Waals surface area contributed by atoms with E-state index in [2.05, 4.69) is 24.3 Å². The molecule has 0 fully saturated rings. The second-order valence-corrected chi connectivity index (χ2v) is 2.10. The molecule has 4 heteroatoms. The van der Waals surface area contributed by atoms with Gasteiger partial charge in [-0.2, -0.15) is 0 Å². The molecule has 13 heavy (non-hydrogen) atoms. The molecule has 0 N–H and O–H groups in total. The van der Waals surface area contributed by atoms with Crippen LogP contribution in [0.15, 0.2) is 24.3 Å². The minimum atomic E-state index is 0. The van der Waals surface area contributed by atoms with Gasteiger partial charge in [0.1, 0.15) is 6.79 Å². The van der Waals surface area contributed by atoms with E-state index in [1.54, 1.807) is 0 Å². The minimum Gasteiger partial charge on any atom is -1.00 e. The molecule has 1 aliphatic rings. The molecule has 0 bridgehead atoms. The quantitative estimate of drug-likeness (QED) is 0.417. The van der Waals surface area contributed by atoms with Crippen LogP contribution in [0.1, 0.15) is 25.7 Å². The van der Waals surface area contributed by atoms with Crippen LogP contribution in [-0.4, -0.2) is 6.79 Å². The maximum absolute atomic E-state index is 8.00. The van der Waals surface area contributed by atoms with Crippen LogP contribution < -0.4 is 24.8 Å². The Morgan fingerprint density at radius 1 is 0.692 bits per heavy atom. The first kappa shape index (κ1) is 23.2. The van der Waals surface area contributed by atoms with Gasteiger partial charge in [-0.25, -0.2) is 0 Å². The number of hydrogen-bond donors (Lipinski definition) is 0. The smallest absolute Gasteiger partial charge is 1.00 e. The van der Waals surface area contributed by atoms with E-state index < -0.39 is 0 Å². The molecule has 79 valence electrons. The summed E-state index contributed by atoms with van der Waals surface area (Å²) in [5.74, 6) is 0. The van der Waals surface area contributed by atoms with Crippen molar-refractivity contribution in [3.8, 4) is 0 Å². The fourth-order valence-corrected chi connectivity index (χ4v) is 0.856. The zero-order chi connectivity index (χ0) is 7.66. The SMILES string of the molecule is C1=CCCC=CCC1.C=O.[Cl-].[Cl-].[Co+2]. The molecule has 0 aromatic heterocycles. The maximum atomic E-state index is 8.00. The van der Waals surface area contributed by atoms with Crippen LogP contribution in [0.4, 0.5) is 0 Å². The summed E-state index contributed by atoms with van der Waals surface area (Å²) in [6, 6.07) is 0. The number of carbonyl (C=O) groups excluding carboxylic acids is 1. The summed E-state index contributed by atoms with van der Waals surface area (Å²) >= 11 is 0. The predicted molar refractivity (Wildman–Crippen MR) is 43.9 cm³/mol. The summed E-state index contributed by atoms with van der Waals surface area (Å²) in [5, 5.41) is 0. The first-order chi connectivity index (χ1) is 5.00. The van der Waals surface area contributed by atoms with E-state index in [4.69, 9.17) is 4.79 Å². The second-order valence-electron chi connectivity index (χ2n) is 2.10. The summed E-state index contributed by atoms with van der Waals surface area (Å²) < 4.78 is 0. The Labute approximate surface area is 103 Å². The van der Waals surface area contributed by atoms with E-state index in [1.807, 2.05) is 6.79 Å². The summed E-state index contributed by atoms with van der Waals surface area (Å²) in [4.78, 5) is 8.00. The Hall–Kier alpha value is 0.236. The molecule has 0 aliphatic heterocycles. The van der Waals surface area contributed by atoms with E-state index in [1.165, 1.54) is 25.7 Å². The number of hydrogen-bond acceptors (Lipinski definition) is 1. The van der Waals surface area contributed by atoms with Gasteiger partial charge in [-0.1, -0.05) is 24.3 Å². The Morgan fingerprint density at radius 2 is 0.846 bits per heavy atom.